The molecule has 1 amide bonds. The van der Waals surface area contributed by atoms with Gasteiger partial charge in [0.05, 0.1) is 18.0 Å². The van der Waals surface area contributed by atoms with Crippen LogP contribution in [0.2, 0.25) is 0 Å². The Morgan fingerprint density at radius 2 is 1.87 bits per heavy atom. The van der Waals surface area contributed by atoms with E-state index in [1.807, 2.05) is 0 Å². The number of aromatic nitrogens is 3. The number of benzene rings is 1. The van der Waals surface area contributed by atoms with Crippen LogP contribution < -0.4 is 10.2 Å². The first-order chi connectivity index (χ1) is 15.0. The van der Waals surface area contributed by atoms with Crippen molar-refractivity contribution >= 4 is 23.6 Å². The Labute approximate surface area is 189 Å². The fourth-order valence-corrected chi connectivity index (χ4v) is 4.22. The Kier molecular flexibility index (Phi) is 9.21. The zero-order chi connectivity index (χ0) is 22.1. The maximum Gasteiger partial charge on any atom is 0.232 e. The number of piperidine rings is 1. The molecule has 1 saturated heterocycles. The van der Waals surface area contributed by atoms with Gasteiger partial charge in [-0.2, -0.15) is 0 Å². The predicted molar refractivity (Wildman–Crippen MR) is 126 cm³/mol. The lowest BCUT2D eigenvalue weighted by Gasteiger charge is -2.27. The molecule has 1 aliphatic heterocycles. The summed E-state index contributed by atoms with van der Waals surface area (Å²) in [4.78, 5) is 14.6. The van der Waals surface area contributed by atoms with Crippen molar-refractivity contribution in [3.8, 4) is 5.69 Å². The van der Waals surface area contributed by atoms with E-state index in [1.165, 1.54) is 36.6 Å². The van der Waals surface area contributed by atoms with Crippen molar-refractivity contribution in [3.63, 3.8) is 0 Å². The van der Waals surface area contributed by atoms with E-state index in [-0.39, 0.29) is 5.91 Å². The molecular formula is C23H35N5O2S. The lowest BCUT2D eigenvalue weighted by Crippen LogP contribution is -2.31. The van der Waals surface area contributed by atoms with Crippen LogP contribution in [0.15, 0.2) is 29.4 Å². The minimum Gasteiger partial charge on any atom is -0.380 e. The molecule has 0 aliphatic carbocycles. The normalized spacial score (nSPS) is 14.3. The quantitative estimate of drug-likeness (QED) is 0.419. The van der Waals surface area contributed by atoms with Gasteiger partial charge in [-0.25, -0.2) is 0 Å². The van der Waals surface area contributed by atoms with Crippen molar-refractivity contribution in [1.82, 2.24) is 20.1 Å². The van der Waals surface area contributed by atoms with Gasteiger partial charge in [0.25, 0.3) is 0 Å². The molecule has 1 aliphatic rings. The number of hydrogen-bond acceptors (Lipinski definition) is 6. The summed E-state index contributed by atoms with van der Waals surface area (Å²) in [5.41, 5.74) is 2.23. The zero-order valence-electron chi connectivity index (χ0n) is 19.0. The largest absolute Gasteiger partial charge is 0.380 e. The number of thioether (sulfide) groups is 1. The molecule has 1 aromatic heterocycles. The molecule has 0 bridgehead atoms. The van der Waals surface area contributed by atoms with Gasteiger partial charge in [0.15, 0.2) is 5.16 Å². The summed E-state index contributed by atoms with van der Waals surface area (Å²) in [7, 11) is 0. The van der Waals surface area contributed by atoms with Gasteiger partial charge < -0.3 is 15.0 Å². The van der Waals surface area contributed by atoms with Crippen LogP contribution in [-0.4, -0.2) is 59.3 Å². The molecule has 2 heterocycles. The van der Waals surface area contributed by atoms with Crippen LogP contribution >= 0.6 is 11.8 Å². The van der Waals surface area contributed by atoms with Crippen molar-refractivity contribution in [1.29, 1.82) is 0 Å². The Hall–Kier alpha value is -2.06. The third kappa shape index (κ3) is 7.25. The highest BCUT2D eigenvalue weighted by Gasteiger charge is 2.22. The van der Waals surface area contributed by atoms with E-state index in [9.17, 15) is 4.79 Å². The van der Waals surface area contributed by atoms with Gasteiger partial charge in [0.1, 0.15) is 0 Å². The number of ether oxygens (including phenoxy) is 1. The van der Waals surface area contributed by atoms with Crippen LogP contribution in [-0.2, 0) is 9.53 Å². The number of nitrogens with one attached hydrogen (secondary N) is 1. The molecule has 1 fully saturated rings. The van der Waals surface area contributed by atoms with Gasteiger partial charge in [0.2, 0.25) is 11.9 Å². The lowest BCUT2D eigenvalue weighted by atomic mass is 10.1. The molecule has 0 saturated carbocycles. The van der Waals surface area contributed by atoms with Crippen molar-refractivity contribution in [2.45, 2.75) is 51.6 Å². The SMILES string of the molecule is Cc1ccc(-n2c(SCC(=O)NCCOCCC(C)C)nnc2N2CCCCC2)cc1. The number of aryl methyl sites for hydroxylation is 1. The van der Waals surface area contributed by atoms with E-state index >= 15 is 0 Å². The van der Waals surface area contributed by atoms with Gasteiger partial charge >= 0.3 is 0 Å². The summed E-state index contributed by atoms with van der Waals surface area (Å²) < 4.78 is 7.64. The third-order valence-electron chi connectivity index (χ3n) is 5.29. The van der Waals surface area contributed by atoms with E-state index in [4.69, 9.17) is 4.74 Å². The molecule has 8 heteroatoms. The molecule has 2 aromatic rings. The van der Waals surface area contributed by atoms with Crippen LogP contribution in [0.25, 0.3) is 5.69 Å². The average Bonchev–Trinajstić information content (AvgIpc) is 3.19. The molecule has 3 rings (SSSR count). The molecule has 170 valence electrons. The fourth-order valence-electron chi connectivity index (χ4n) is 3.44. The average molecular weight is 446 g/mol. The first-order valence-electron chi connectivity index (χ1n) is 11.3. The molecule has 0 atom stereocenters. The highest BCUT2D eigenvalue weighted by Crippen LogP contribution is 2.28. The standard InChI is InChI=1S/C23H35N5O2S/c1-18(2)11-15-30-16-12-24-21(29)17-31-23-26-25-22(27-13-5-4-6-14-27)28(23)20-9-7-19(3)8-10-20/h7-10,18H,4-6,11-17H2,1-3H3,(H,24,29). The predicted octanol–water partition coefficient (Wildman–Crippen LogP) is 3.84. The Balaban J connectivity index is 1.59. The highest BCUT2D eigenvalue weighted by atomic mass is 32.2. The summed E-state index contributed by atoms with van der Waals surface area (Å²) in [5.74, 6) is 1.78. The Morgan fingerprint density at radius 1 is 1.13 bits per heavy atom. The summed E-state index contributed by atoms with van der Waals surface area (Å²) >= 11 is 1.42. The minimum atomic E-state index is -0.0181. The number of anilines is 1. The fraction of sp³-hybridized carbons (Fsp3) is 0.609. The van der Waals surface area contributed by atoms with E-state index < -0.39 is 0 Å². The van der Waals surface area contributed by atoms with Crippen molar-refractivity contribution in [3.05, 3.63) is 29.8 Å². The number of carbonyl (C=O) groups excluding carboxylic acids is 1. The minimum absolute atomic E-state index is 0.0181. The Morgan fingerprint density at radius 3 is 2.58 bits per heavy atom. The second kappa shape index (κ2) is 12.1. The van der Waals surface area contributed by atoms with Crippen LogP contribution in [0.4, 0.5) is 5.95 Å². The van der Waals surface area contributed by atoms with Gasteiger partial charge in [-0.05, 0) is 50.7 Å². The number of hydrogen-bond donors (Lipinski definition) is 1. The molecule has 0 radical (unpaired) electrons. The smallest absolute Gasteiger partial charge is 0.232 e. The maximum absolute atomic E-state index is 12.3. The van der Waals surface area contributed by atoms with E-state index in [0.29, 0.717) is 24.8 Å². The van der Waals surface area contributed by atoms with Crippen LogP contribution in [0, 0.1) is 12.8 Å². The summed E-state index contributed by atoms with van der Waals surface area (Å²) in [5, 5.41) is 12.6. The highest BCUT2D eigenvalue weighted by molar-refractivity contribution is 7.99. The summed E-state index contributed by atoms with van der Waals surface area (Å²) in [6, 6.07) is 8.36. The number of amides is 1. The van der Waals surface area contributed by atoms with Crippen molar-refractivity contribution in [2.75, 3.05) is 43.5 Å². The second-order valence-corrected chi connectivity index (χ2v) is 9.38. The molecular weight excluding hydrogens is 410 g/mol. The van der Waals surface area contributed by atoms with E-state index in [1.54, 1.807) is 0 Å². The number of rotatable bonds is 11. The summed E-state index contributed by atoms with van der Waals surface area (Å²) in [6.45, 7) is 10.2. The first-order valence-corrected chi connectivity index (χ1v) is 12.3. The molecule has 1 N–H and O–H groups in total. The first kappa shape index (κ1) is 23.6. The number of nitrogens with zero attached hydrogens (tertiary/aromatic N) is 4. The molecule has 31 heavy (non-hydrogen) atoms. The molecule has 0 unspecified atom stereocenters. The number of carbonyl (C=O) groups is 1. The van der Waals surface area contributed by atoms with Crippen LogP contribution in [0.5, 0.6) is 0 Å². The maximum atomic E-state index is 12.3. The van der Waals surface area contributed by atoms with Gasteiger partial charge in [-0.15, -0.1) is 10.2 Å². The zero-order valence-corrected chi connectivity index (χ0v) is 19.8. The van der Waals surface area contributed by atoms with Crippen LogP contribution in [0.1, 0.15) is 45.1 Å². The third-order valence-corrected chi connectivity index (χ3v) is 6.22. The van der Waals surface area contributed by atoms with Crippen molar-refractivity contribution < 1.29 is 9.53 Å². The van der Waals surface area contributed by atoms with Gasteiger partial charge in [0, 0.05) is 26.2 Å². The molecule has 7 nitrogen and oxygen atoms in total. The lowest BCUT2D eigenvalue weighted by molar-refractivity contribution is -0.118. The molecule has 0 spiro atoms. The molecule has 1 aromatic carbocycles. The van der Waals surface area contributed by atoms with Gasteiger partial charge in [-0.3, -0.25) is 9.36 Å². The van der Waals surface area contributed by atoms with E-state index in [0.717, 1.165) is 42.9 Å². The van der Waals surface area contributed by atoms with Gasteiger partial charge in [-0.1, -0.05) is 43.3 Å². The topological polar surface area (TPSA) is 72.3 Å². The van der Waals surface area contributed by atoms with Crippen LogP contribution in [0.3, 0.4) is 0 Å². The second-order valence-electron chi connectivity index (χ2n) is 8.43. The Bertz CT molecular complexity index is 816. The van der Waals surface area contributed by atoms with Crippen molar-refractivity contribution in [2.24, 2.45) is 5.92 Å². The summed E-state index contributed by atoms with van der Waals surface area (Å²) in [6.07, 6.45) is 4.64. The monoisotopic (exact) mass is 445 g/mol. The van der Waals surface area contributed by atoms with E-state index in [2.05, 4.69) is 70.0 Å².